The van der Waals surface area contributed by atoms with Crippen LogP contribution in [0.4, 0.5) is 5.69 Å². The third-order valence-electron chi connectivity index (χ3n) is 4.81. The minimum absolute atomic E-state index is 0.0756. The molecule has 1 saturated carbocycles. The molecule has 1 aromatic carbocycles. The maximum absolute atomic E-state index is 12.8. The zero-order chi connectivity index (χ0) is 16.4. The fourth-order valence-corrected chi connectivity index (χ4v) is 3.50. The van der Waals surface area contributed by atoms with Crippen molar-refractivity contribution in [3.63, 3.8) is 0 Å². The van der Waals surface area contributed by atoms with Crippen LogP contribution in [0.25, 0.3) is 0 Å². The summed E-state index contributed by atoms with van der Waals surface area (Å²) in [6.07, 6.45) is 7.71. The lowest BCUT2D eigenvalue weighted by Gasteiger charge is -2.38. The van der Waals surface area contributed by atoms with Crippen molar-refractivity contribution in [2.75, 3.05) is 18.6 Å². The third kappa shape index (κ3) is 3.38. The molecule has 3 aliphatic carbocycles. The zero-order valence-electron chi connectivity index (χ0n) is 13.1. The summed E-state index contributed by atoms with van der Waals surface area (Å²) < 4.78 is 5.11. The highest BCUT2D eigenvalue weighted by atomic mass is 16.5. The van der Waals surface area contributed by atoms with E-state index in [1.807, 2.05) is 0 Å². The van der Waals surface area contributed by atoms with Crippen LogP contribution in [0.2, 0.25) is 0 Å². The van der Waals surface area contributed by atoms with Crippen LogP contribution in [0.1, 0.15) is 19.3 Å². The summed E-state index contributed by atoms with van der Waals surface area (Å²) in [7, 11) is 1.79. The van der Waals surface area contributed by atoms with Gasteiger partial charge in [-0.1, -0.05) is 12.2 Å². The Kier molecular flexibility index (Phi) is 4.37. The van der Waals surface area contributed by atoms with E-state index in [1.54, 1.807) is 36.2 Å². The quantitative estimate of drug-likeness (QED) is 0.848. The van der Waals surface area contributed by atoms with Gasteiger partial charge in [0.2, 0.25) is 5.91 Å². The topological polar surface area (TPSA) is 66.8 Å². The van der Waals surface area contributed by atoms with Crippen molar-refractivity contribution in [2.24, 2.45) is 17.8 Å². The number of aliphatic carboxylic acids is 1. The molecule has 0 radical (unpaired) electrons. The number of anilines is 1. The number of carbonyl (C=O) groups is 2. The van der Waals surface area contributed by atoms with Gasteiger partial charge in [-0.05, 0) is 55.4 Å². The van der Waals surface area contributed by atoms with E-state index in [0.29, 0.717) is 17.6 Å². The second kappa shape index (κ2) is 6.44. The number of benzene rings is 1. The van der Waals surface area contributed by atoms with Crippen LogP contribution in [0.15, 0.2) is 36.4 Å². The molecular formula is C18H21NO4. The molecule has 0 saturated heterocycles. The molecule has 3 atom stereocenters. The second-order valence-corrected chi connectivity index (χ2v) is 6.30. The normalized spacial score (nSPS) is 25.2. The van der Waals surface area contributed by atoms with Crippen LogP contribution in [-0.2, 0) is 9.59 Å². The Bertz CT molecular complexity index is 622. The lowest BCUT2D eigenvalue weighted by atomic mass is 9.68. The van der Waals surface area contributed by atoms with Gasteiger partial charge in [-0.25, -0.2) is 4.79 Å². The highest BCUT2D eigenvalue weighted by molar-refractivity contribution is 5.95. The third-order valence-corrected chi connectivity index (χ3v) is 4.81. The largest absolute Gasteiger partial charge is 0.482 e. The van der Waals surface area contributed by atoms with Crippen LogP contribution >= 0.6 is 0 Å². The molecule has 1 fully saturated rings. The molecule has 0 heterocycles. The summed E-state index contributed by atoms with van der Waals surface area (Å²) in [6, 6.07) is 6.95. The first kappa shape index (κ1) is 15.6. The first-order valence-corrected chi connectivity index (χ1v) is 7.95. The van der Waals surface area contributed by atoms with Crippen LogP contribution in [0, 0.1) is 17.8 Å². The number of carboxylic acid groups (broad SMARTS) is 1. The molecule has 3 aliphatic rings. The molecule has 0 spiro atoms. The van der Waals surface area contributed by atoms with Gasteiger partial charge in [0.05, 0.1) is 0 Å². The Labute approximate surface area is 135 Å². The van der Waals surface area contributed by atoms with Crippen LogP contribution in [0.3, 0.4) is 0 Å². The molecule has 5 nitrogen and oxygen atoms in total. The second-order valence-electron chi connectivity index (χ2n) is 6.30. The molecule has 0 aromatic heterocycles. The van der Waals surface area contributed by atoms with Crippen LogP contribution < -0.4 is 9.64 Å². The standard InChI is InChI=1S/C18H21NO4/c1-19(14-6-8-15(9-7-14)23-11-17(20)21)18(22)16-10-12-2-4-13(16)5-3-12/h2,4,6-9,12-13,16H,3,5,10-11H2,1H3,(H,20,21)/t12-,13+,16-/m1/s1. The van der Waals surface area contributed by atoms with Gasteiger partial charge in [0.15, 0.2) is 6.61 Å². The van der Waals surface area contributed by atoms with Gasteiger partial charge >= 0.3 is 5.97 Å². The van der Waals surface area contributed by atoms with Crippen molar-refractivity contribution in [3.05, 3.63) is 36.4 Å². The summed E-state index contributed by atoms with van der Waals surface area (Å²) in [4.78, 5) is 25.0. The Morgan fingerprint density at radius 2 is 1.96 bits per heavy atom. The first-order chi connectivity index (χ1) is 11.0. The fraction of sp³-hybridized carbons (Fsp3) is 0.444. The minimum Gasteiger partial charge on any atom is -0.482 e. The van der Waals surface area contributed by atoms with Gasteiger partial charge < -0.3 is 14.7 Å². The van der Waals surface area contributed by atoms with E-state index in [-0.39, 0.29) is 18.4 Å². The van der Waals surface area contributed by atoms with E-state index < -0.39 is 5.97 Å². The maximum Gasteiger partial charge on any atom is 0.341 e. The highest BCUT2D eigenvalue weighted by Crippen LogP contribution is 2.41. The van der Waals surface area contributed by atoms with Crippen molar-refractivity contribution in [2.45, 2.75) is 19.3 Å². The molecule has 0 aliphatic heterocycles. The number of carbonyl (C=O) groups excluding carboxylic acids is 1. The number of fused-ring (bicyclic) bond motifs is 2. The average Bonchev–Trinajstić information content (AvgIpc) is 2.60. The lowest BCUT2D eigenvalue weighted by molar-refractivity contribution is -0.139. The van der Waals surface area contributed by atoms with Crippen molar-refractivity contribution in [1.29, 1.82) is 0 Å². The van der Waals surface area contributed by atoms with Gasteiger partial charge in [0, 0.05) is 18.7 Å². The minimum atomic E-state index is -1.01. The number of amides is 1. The predicted molar refractivity (Wildman–Crippen MR) is 86.4 cm³/mol. The van der Waals surface area contributed by atoms with Gasteiger partial charge in [0.25, 0.3) is 0 Å². The van der Waals surface area contributed by atoms with E-state index in [0.717, 1.165) is 18.5 Å². The first-order valence-electron chi connectivity index (χ1n) is 7.95. The molecule has 5 heteroatoms. The fourth-order valence-electron chi connectivity index (χ4n) is 3.50. The number of rotatable bonds is 5. The lowest BCUT2D eigenvalue weighted by Crippen LogP contribution is -2.40. The van der Waals surface area contributed by atoms with Gasteiger partial charge in [-0.3, -0.25) is 4.79 Å². The van der Waals surface area contributed by atoms with Crippen molar-refractivity contribution in [3.8, 4) is 5.75 Å². The number of nitrogens with zero attached hydrogens (tertiary/aromatic N) is 1. The summed E-state index contributed by atoms with van der Waals surface area (Å²) in [5.74, 6) is 0.621. The molecule has 122 valence electrons. The van der Waals surface area contributed by atoms with E-state index in [1.165, 1.54) is 6.42 Å². The van der Waals surface area contributed by atoms with Crippen molar-refractivity contribution < 1.29 is 19.4 Å². The zero-order valence-corrected chi connectivity index (χ0v) is 13.1. The molecule has 23 heavy (non-hydrogen) atoms. The van der Waals surface area contributed by atoms with E-state index in [2.05, 4.69) is 12.2 Å². The summed E-state index contributed by atoms with van der Waals surface area (Å²) in [6.45, 7) is -0.369. The smallest absolute Gasteiger partial charge is 0.341 e. The summed E-state index contributed by atoms with van der Waals surface area (Å²) in [5, 5.41) is 8.60. The summed E-state index contributed by atoms with van der Waals surface area (Å²) in [5.41, 5.74) is 0.795. The molecule has 0 unspecified atom stereocenters. The monoisotopic (exact) mass is 315 g/mol. The molecule has 1 N–H and O–H groups in total. The molecule has 1 amide bonds. The van der Waals surface area contributed by atoms with Gasteiger partial charge in [-0.2, -0.15) is 0 Å². The molecular weight excluding hydrogens is 294 g/mol. The van der Waals surface area contributed by atoms with Crippen LogP contribution in [-0.4, -0.2) is 30.6 Å². The molecule has 4 rings (SSSR count). The Balaban J connectivity index is 1.65. The number of ether oxygens (including phenoxy) is 1. The van der Waals surface area contributed by atoms with Gasteiger partial charge in [0.1, 0.15) is 5.75 Å². The highest BCUT2D eigenvalue weighted by Gasteiger charge is 2.37. The van der Waals surface area contributed by atoms with Crippen molar-refractivity contribution >= 4 is 17.6 Å². The van der Waals surface area contributed by atoms with Crippen LogP contribution in [0.5, 0.6) is 5.75 Å². The van der Waals surface area contributed by atoms with E-state index in [4.69, 9.17) is 9.84 Å². The van der Waals surface area contributed by atoms with E-state index >= 15 is 0 Å². The Hall–Kier alpha value is -2.30. The summed E-state index contributed by atoms with van der Waals surface area (Å²) >= 11 is 0. The SMILES string of the molecule is CN(C(=O)[C@@H]1C[C@@H]2C=C[C@H]1CC2)c1ccc(OCC(=O)O)cc1. The number of hydrogen-bond acceptors (Lipinski definition) is 3. The number of carboxylic acids is 1. The Morgan fingerprint density at radius 1 is 1.22 bits per heavy atom. The van der Waals surface area contributed by atoms with Gasteiger partial charge in [-0.15, -0.1) is 0 Å². The maximum atomic E-state index is 12.8. The van der Waals surface area contributed by atoms with E-state index in [9.17, 15) is 9.59 Å². The number of allylic oxidation sites excluding steroid dienone is 2. The molecule has 2 bridgehead atoms. The Morgan fingerprint density at radius 3 is 2.48 bits per heavy atom. The van der Waals surface area contributed by atoms with Crippen molar-refractivity contribution in [1.82, 2.24) is 0 Å². The number of hydrogen-bond donors (Lipinski definition) is 1. The molecule has 1 aromatic rings. The average molecular weight is 315 g/mol. The predicted octanol–water partition coefficient (Wildman–Crippen LogP) is 2.72.